The second-order valence-corrected chi connectivity index (χ2v) is 5.81. The molecule has 0 bridgehead atoms. The third kappa shape index (κ3) is 1.33. The van der Waals surface area contributed by atoms with E-state index in [2.05, 4.69) is 24.3 Å². The molecule has 0 heteroatoms. The summed E-state index contributed by atoms with van der Waals surface area (Å²) in [6.07, 6.45) is 22.9. The number of fused-ring (bicyclic) bond motifs is 1. The summed E-state index contributed by atoms with van der Waals surface area (Å²) >= 11 is 0. The average molecular weight is 202 g/mol. The van der Waals surface area contributed by atoms with Crippen LogP contribution in [0.3, 0.4) is 0 Å². The van der Waals surface area contributed by atoms with Gasteiger partial charge >= 0.3 is 0 Å². The first-order valence-corrected chi connectivity index (χ1v) is 6.74. The van der Waals surface area contributed by atoms with Gasteiger partial charge in [-0.05, 0) is 31.1 Å². The Balaban J connectivity index is 1.95. The third-order valence-electron chi connectivity index (χ3n) is 5.19. The van der Waals surface area contributed by atoms with Crippen LogP contribution in [0.5, 0.6) is 0 Å². The monoisotopic (exact) mass is 202 g/mol. The maximum Gasteiger partial charge on any atom is 0.0123 e. The maximum absolute atomic E-state index is 2.53. The summed E-state index contributed by atoms with van der Waals surface area (Å²) in [5.74, 6) is 0. The van der Waals surface area contributed by atoms with E-state index in [0.717, 1.165) is 0 Å². The van der Waals surface area contributed by atoms with Crippen molar-refractivity contribution in [1.82, 2.24) is 0 Å². The van der Waals surface area contributed by atoms with E-state index in [9.17, 15) is 0 Å². The van der Waals surface area contributed by atoms with Crippen molar-refractivity contribution < 1.29 is 0 Å². The minimum absolute atomic E-state index is 0.478. The zero-order valence-electron chi connectivity index (χ0n) is 9.67. The molecule has 0 aromatic heterocycles. The van der Waals surface area contributed by atoms with Crippen molar-refractivity contribution in [1.29, 1.82) is 0 Å². The number of hydrogen-bond acceptors (Lipinski definition) is 0. The molecule has 2 saturated carbocycles. The molecular weight excluding hydrogens is 180 g/mol. The Morgan fingerprint density at radius 2 is 1.13 bits per heavy atom. The first-order chi connectivity index (χ1) is 7.37. The van der Waals surface area contributed by atoms with Crippen LogP contribution in [-0.2, 0) is 0 Å². The summed E-state index contributed by atoms with van der Waals surface area (Å²) in [7, 11) is 0. The van der Waals surface area contributed by atoms with E-state index in [1.54, 1.807) is 0 Å². The van der Waals surface area contributed by atoms with E-state index in [1.807, 2.05) is 0 Å². The van der Waals surface area contributed by atoms with Crippen molar-refractivity contribution in [2.45, 2.75) is 57.8 Å². The molecule has 82 valence electrons. The van der Waals surface area contributed by atoms with Gasteiger partial charge < -0.3 is 0 Å². The van der Waals surface area contributed by atoms with Gasteiger partial charge in [-0.25, -0.2) is 0 Å². The van der Waals surface area contributed by atoms with Gasteiger partial charge in [-0.15, -0.1) is 0 Å². The Morgan fingerprint density at radius 3 is 1.80 bits per heavy atom. The van der Waals surface area contributed by atoms with E-state index in [1.165, 1.54) is 57.8 Å². The smallest absolute Gasteiger partial charge is 0.0123 e. The molecule has 0 amide bonds. The third-order valence-corrected chi connectivity index (χ3v) is 5.19. The van der Waals surface area contributed by atoms with Crippen LogP contribution < -0.4 is 0 Å². The fraction of sp³-hybridized carbons (Fsp3) is 0.733. The van der Waals surface area contributed by atoms with Gasteiger partial charge in [0.05, 0.1) is 0 Å². The largest absolute Gasteiger partial charge is 0.0740 e. The summed E-state index contributed by atoms with van der Waals surface area (Å²) in [5.41, 5.74) is 1.14. The minimum atomic E-state index is 0.478. The molecule has 0 aromatic carbocycles. The highest BCUT2D eigenvalue weighted by Crippen LogP contribution is 2.60. The van der Waals surface area contributed by atoms with E-state index >= 15 is 0 Å². The molecule has 0 atom stereocenters. The molecule has 2 spiro atoms. The molecule has 0 heterocycles. The Hall–Kier alpha value is -0.520. The van der Waals surface area contributed by atoms with Gasteiger partial charge in [0.1, 0.15) is 0 Å². The average Bonchev–Trinajstić information content (AvgIpc) is 2.75. The summed E-state index contributed by atoms with van der Waals surface area (Å²) in [5, 5.41) is 0. The molecule has 0 N–H and O–H groups in total. The van der Waals surface area contributed by atoms with Gasteiger partial charge in [0, 0.05) is 5.41 Å². The topological polar surface area (TPSA) is 0 Å². The van der Waals surface area contributed by atoms with Gasteiger partial charge in [0.2, 0.25) is 0 Å². The van der Waals surface area contributed by atoms with Crippen molar-refractivity contribution in [2.24, 2.45) is 10.8 Å². The Bertz CT molecular complexity index is 269. The predicted molar refractivity (Wildman–Crippen MR) is 64.7 cm³/mol. The fourth-order valence-electron chi connectivity index (χ4n) is 4.35. The maximum atomic E-state index is 2.53. The van der Waals surface area contributed by atoms with Crippen molar-refractivity contribution >= 4 is 0 Å². The summed E-state index contributed by atoms with van der Waals surface area (Å²) in [6, 6.07) is 0. The van der Waals surface area contributed by atoms with Crippen molar-refractivity contribution in [3.63, 3.8) is 0 Å². The number of rotatable bonds is 0. The molecule has 3 aliphatic rings. The van der Waals surface area contributed by atoms with Crippen LogP contribution in [0.25, 0.3) is 0 Å². The highest BCUT2D eigenvalue weighted by molar-refractivity contribution is 5.30. The molecule has 0 saturated heterocycles. The number of allylic oxidation sites excluding steroid dienone is 4. The minimum Gasteiger partial charge on any atom is -0.0740 e. The van der Waals surface area contributed by atoms with E-state index < -0.39 is 0 Å². The van der Waals surface area contributed by atoms with Crippen LogP contribution in [0.2, 0.25) is 0 Å². The highest BCUT2D eigenvalue weighted by Gasteiger charge is 2.50. The van der Waals surface area contributed by atoms with E-state index in [-0.39, 0.29) is 0 Å². The van der Waals surface area contributed by atoms with Gasteiger partial charge in [-0.1, -0.05) is 56.4 Å². The molecule has 0 aliphatic heterocycles. The summed E-state index contributed by atoms with van der Waals surface area (Å²) in [4.78, 5) is 0. The first kappa shape index (κ1) is 9.69. The fourth-order valence-corrected chi connectivity index (χ4v) is 4.35. The Kier molecular flexibility index (Phi) is 2.26. The first-order valence-electron chi connectivity index (χ1n) is 6.74. The van der Waals surface area contributed by atoms with Crippen LogP contribution in [0, 0.1) is 10.8 Å². The Morgan fingerprint density at radius 1 is 0.600 bits per heavy atom. The van der Waals surface area contributed by atoms with Crippen LogP contribution in [0.4, 0.5) is 0 Å². The molecule has 3 aliphatic carbocycles. The molecule has 0 nitrogen and oxygen atoms in total. The second-order valence-electron chi connectivity index (χ2n) is 5.81. The predicted octanol–water partition coefficient (Wildman–Crippen LogP) is 4.62. The zero-order chi connectivity index (χ0) is 10.2. The van der Waals surface area contributed by atoms with Crippen LogP contribution in [-0.4, -0.2) is 0 Å². The normalized spacial score (nSPS) is 31.5. The summed E-state index contributed by atoms with van der Waals surface area (Å²) in [6.45, 7) is 0. The van der Waals surface area contributed by atoms with E-state index in [0.29, 0.717) is 10.8 Å². The van der Waals surface area contributed by atoms with Gasteiger partial charge in [0.25, 0.3) is 0 Å². The van der Waals surface area contributed by atoms with Crippen molar-refractivity contribution in [3.05, 3.63) is 24.3 Å². The molecule has 0 radical (unpaired) electrons. The molecular formula is C15H22. The lowest BCUT2D eigenvalue weighted by molar-refractivity contribution is 0.0257. The number of hydrogen-bond donors (Lipinski definition) is 0. The van der Waals surface area contributed by atoms with E-state index in [4.69, 9.17) is 0 Å². The lowest BCUT2D eigenvalue weighted by atomic mass is 9.51. The van der Waals surface area contributed by atoms with Gasteiger partial charge in [0.15, 0.2) is 0 Å². The standard InChI is InChI=1S/C15H22/c1-2-8-14(9-3-1)10-4-5-11-15(14)12-6-7-13-15/h6-7,12-13H,1-5,8-11H2. The molecule has 3 rings (SSSR count). The molecule has 15 heavy (non-hydrogen) atoms. The molecule has 0 unspecified atom stereocenters. The lowest BCUT2D eigenvalue weighted by Crippen LogP contribution is -2.43. The van der Waals surface area contributed by atoms with Crippen LogP contribution >= 0.6 is 0 Å². The quantitative estimate of drug-likeness (QED) is 0.537. The van der Waals surface area contributed by atoms with Gasteiger partial charge in [-0.2, -0.15) is 0 Å². The Labute approximate surface area is 93.5 Å². The second kappa shape index (κ2) is 3.50. The van der Waals surface area contributed by atoms with Gasteiger partial charge in [-0.3, -0.25) is 0 Å². The zero-order valence-corrected chi connectivity index (χ0v) is 9.67. The van der Waals surface area contributed by atoms with Crippen molar-refractivity contribution in [3.8, 4) is 0 Å². The lowest BCUT2D eigenvalue weighted by Gasteiger charge is -2.53. The highest BCUT2D eigenvalue weighted by atomic mass is 14.5. The molecule has 0 aromatic rings. The molecule has 2 fully saturated rings. The SMILES string of the molecule is C1=CC2(C=C1)CCCCC21CCCCC1. The summed E-state index contributed by atoms with van der Waals surface area (Å²) < 4.78 is 0. The van der Waals surface area contributed by atoms with Crippen LogP contribution in [0.1, 0.15) is 57.8 Å². The van der Waals surface area contributed by atoms with Crippen molar-refractivity contribution in [2.75, 3.05) is 0 Å². The van der Waals surface area contributed by atoms with Crippen LogP contribution in [0.15, 0.2) is 24.3 Å².